The smallest absolute Gasteiger partial charge is 0.257 e. The lowest BCUT2D eigenvalue weighted by Crippen LogP contribution is -2.35. The molecule has 1 atom stereocenters. The Morgan fingerprint density at radius 3 is 2.87 bits per heavy atom. The highest BCUT2D eigenvalue weighted by molar-refractivity contribution is 8.15. The largest absolute Gasteiger partial charge is 0.491 e. The summed E-state index contributed by atoms with van der Waals surface area (Å²) in [4.78, 5) is 15.4. The highest BCUT2D eigenvalue weighted by atomic mass is 32.2. The molecule has 0 spiro atoms. The minimum Gasteiger partial charge on any atom is -0.491 e. The van der Waals surface area contributed by atoms with Crippen LogP contribution in [0, 0.1) is 0 Å². The second kappa shape index (κ2) is 8.18. The number of hydrogen-bond acceptors (Lipinski definition) is 7. The maximum Gasteiger partial charge on any atom is 0.257 e. The van der Waals surface area contributed by atoms with Gasteiger partial charge in [0.2, 0.25) is 0 Å². The highest BCUT2D eigenvalue weighted by Gasteiger charge is 2.33. The summed E-state index contributed by atoms with van der Waals surface area (Å²) in [5.74, 6) is 0.484. The van der Waals surface area contributed by atoms with E-state index in [1.807, 2.05) is 23.1 Å². The van der Waals surface area contributed by atoms with E-state index in [0.717, 1.165) is 35.8 Å². The summed E-state index contributed by atoms with van der Waals surface area (Å²) < 4.78 is 38.6. The number of amides is 1. The van der Waals surface area contributed by atoms with Gasteiger partial charge in [0.25, 0.3) is 15.9 Å². The van der Waals surface area contributed by atoms with E-state index in [2.05, 4.69) is 9.71 Å². The molecule has 1 saturated heterocycles. The zero-order valence-electron chi connectivity index (χ0n) is 16.6. The topological polar surface area (TPSA) is 97.3 Å². The monoisotopic (exact) mass is 459 g/mol. The maximum atomic E-state index is 12.7. The first kappa shape index (κ1) is 20.3. The molecule has 0 aliphatic carbocycles. The molecule has 8 nitrogen and oxygen atoms in total. The third kappa shape index (κ3) is 4.41. The minimum atomic E-state index is -3.41. The molecule has 3 heterocycles. The Morgan fingerprint density at radius 1 is 1.26 bits per heavy atom. The fraction of sp³-hybridized carbons (Fsp3) is 0.333. The molecule has 5 rings (SSSR count). The predicted molar refractivity (Wildman–Crippen MR) is 120 cm³/mol. The standard InChI is InChI=1S/C21H21N3O5S2/c25-20(22-15-4-6-16(7-5-15)29-13-17-2-1-10-28-17)14-3-8-18-19(12-14)30-21-23-31(26,27)11-9-24(18)21/h3-8,12,17H,1-2,9-11,13H2,(H,22,25). The van der Waals surface area contributed by atoms with E-state index in [1.165, 1.54) is 11.8 Å². The van der Waals surface area contributed by atoms with Crippen molar-refractivity contribution in [3.05, 3.63) is 48.0 Å². The van der Waals surface area contributed by atoms with Crippen molar-refractivity contribution < 1.29 is 22.7 Å². The van der Waals surface area contributed by atoms with Gasteiger partial charge in [0.15, 0.2) is 5.17 Å². The van der Waals surface area contributed by atoms with Gasteiger partial charge in [-0.1, -0.05) is 0 Å². The number of sulfonamides is 1. The minimum absolute atomic E-state index is 0.00781. The number of thioether (sulfide) groups is 1. The number of ether oxygens (including phenoxy) is 2. The van der Waals surface area contributed by atoms with Gasteiger partial charge in [0.05, 0.1) is 17.5 Å². The SMILES string of the molecule is O=C(Nc1ccc(OCC2CCCO2)cc1)c1ccc2c(c1)SC1=NS(=O)(=O)CCN12. The zero-order valence-corrected chi connectivity index (χ0v) is 18.2. The van der Waals surface area contributed by atoms with Crippen molar-refractivity contribution in [1.29, 1.82) is 0 Å². The first-order valence-corrected chi connectivity index (χ1v) is 12.5. The van der Waals surface area contributed by atoms with E-state index in [4.69, 9.17) is 9.47 Å². The second-order valence-electron chi connectivity index (χ2n) is 7.52. The van der Waals surface area contributed by atoms with Gasteiger partial charge in [-0.3, -0.25) is 4.79 Å². The molecule has 0 radical (unpaired) electrons. The van der Waals surface area contributed by atoms with Crippen molar-refractivity contribution >= 4 is 44.2 Å². The highest BCUT2D eigenvalue weighted by Crippen LogP contribution is 2.42. The summed E-state index contributed by atoms with van der Waals surface area (Å²) in [7, 11) is -3.41. The number of benzene rings is 2. The van der Waals surface area contributed by atoms with Crippen molar-refractivity contribution in [2.24, 2.45) is 4.40 Å². The van der Waals surface area contributed by atoms with Crippen LogP contribution in [-0.2, 0) is 14.8 Å². The summed E-state index contributed by atoms with van der Waals surface area (Å²) in [6.07, 6.45) is 2.25. The Hall–Kier alpha value is -2.56. The van der Waals surface area contributed by atoms with Crippen LogP contribution in [-0.4, -0.2) is 51.1 Å². The van der Waals surface area contributed by atoms with Gasteiger partial charge in [-0.05, 0) is 67.1 Å². The van der Waals surface area contributed by atoms with Crippen LogP contribution in [0.4, 0.5) is 11.4 Å². The average Bonchev–Trinajstić information content (AvgIpc) is 3.39. The van der Waals surface area contributed by atoms with Gasteiger partial charge < -0.3 is 19.7 Å². The van der Waals surface area contributed by atoms with Gasteiger partial charge in [0, 0.05) is 29.3 Å². The number of nitrogens with one attached hydrogen (secondary N) is 1. The fourth-order valence-corrected chi connectivity index (χ4v) is 5.97. The van der Waals surface area contributed by atoms with Crippen molar-refractivity contribution in [2.45, 2.75) is 23.8 Å². The van der Waals surface area contributed by atoms with Gasteiger partial charge in [-0.2, -0.15) is 0 Å². The summed E-state index contributed by atoms with van der Waals surface area (Å²) in [6, 6.07) is 12.6. The maximum absolute atomic E-state index is 12.7. The Morgan fingerprint density at radius 2 is 2.10 bits per heavy atom. The molecule has 2 aromatic carbocycles. The lowest BCUT2D eigenvalue weighted by atomic mass is 10.1. The van der Waals surface area contributed by atoms with Crippen molar-refractivity contribution in [3.8, 4) is 5.75 Å². The molecular weight excluding hydrogens is 438 g/mol. The summed E-state index contributed by atoms with van der Waals surface area (Å²) >= 11 is 1.27. The number of carbonyl (C=O) groups excluding carboxylic acids is 1. The molecule has 1 amide bonds. The van der Waals surface area contributed by atoms with E-state index in [9.17, 15) is 13.2 Å². The normalized spacial score (nSPS) is 21.2. The van der Waals surface area contributed by atoms with E-state index < -0.39 is 10.0 Å². The van der Waals surface area contributed by atoms with Crippen LogP contribution >= 0.6 is 11.8 Å². The molecule has 1 fully saturated rings. The van der Waals surface area contributed by atoms with Gasteiger partial charge in [0.1, 0.15) is 12.4 Å². The molecule has 3 aliphatic heterocycles. The van der Waals surface area contributed by atoms with Crippen LogP contribution in [0.2, 0.25) is 0 Å². The van der Waals surface area contributed by atoms with E-state index in [1.54, 1.807) is 24.3 Å². The van der Waals surface area contributed by atoms with Gasteiger partial charge >= 0.3 is 0 Å². The number of amidine groups is 1. The Labute approximate surface area is 184 Å². The summed E-state index contributed by atoms with van der Waals surface area (Å²) in [5.41, 5.74) is 2.03. The lowest BCUT2D eigenvalue weighted by molar-refractivity contribution is 0.0679. The molecular formula is C21H21N3O5S2. The molecule has 31 heavy (non-hydrogen) atoms. The van der Waals surface area contributed by atoms with Crippen LogP contribution in [0.15, 0.2) is 51.8 Å². The number of rotatable bonds is 5. The molecule has 0 aromatic heterocycles. The molecule has 0 bridgehead atoms. The van der Waals surface area contributed by atoms with Crippen LogP contribution in [0.25, 0.3) is 0 Å². The number of nitrogens with zero attached hydrogens (tertiary/aromatic N) is 2. The average molecular weight is 460 g/mol. The number of hydrogen-bond donors (Lipinski definition) is 1. The van der Waals surface area contributed by atoms with Crippen molar-refractivity contribution in [2.75, 3.05) is 35.7 Å². The molecule has 0 saturated carbocycles. The molecule has 2 aromatic rings. The van der Waals surface area contributed by atoms with Gasteiger partial charge in [-0.15, -0.1) is 4.40 Å². The number of carbonyl (C=O) groups is 1. The molecule has 162 valence electrons. The molecule has 1 N–H and O–H groups in total. The second-order valence-corrected chi connectivity index (χ2v) is 10.3. The number of fused-ring (bicyclic) bond motifs is 3. The summed E-state index contributed by atoms with van der Waals surface area (Å²) in [6.45, 7) is 1.70. The Bertz CT molecular complexity index is 1140. The van der Waals surface area contributed by atoms with Crippen LogP contribution in [0.1, 0.15) is 23.2 Å². The first-order valence-electron chi connectivity index (χ1n) is 10.0. The van der Waals surface area contributed by atoms with Crippen LogP contribution < -0.4 is 15.0 Å². The number of anilines is 2. The third-order valence-electron chi connectivity index (χ3n) is 5.31. The van der Waals surface area contributed by atoms with E-state index in [-0.39, 0.29) is 17.8 Å². The van der Waals surface area contributed by atoms with E-state index >= 15 is 0 Å². The van der Waals surface area contributed by atoms with E-state index in [0.29, 0.717) is 29.6 Å². The van der Waals surface area contributed by atoms with Crippen molar-refractivity contribution in [3.63, 3.8) is 0 Å². The summed E-state index contributed by atoms with van der Waals surface area (Å²) in [5, 5.41) is 3.32. The lowest BCUT2D eigenvalue weighted by Gasteiger charge is -2.22. The third-order valence-corrected chi connectivity index (χ3v) is 7.61. The quantitative estimate of drug-likeness (QED) is 0.734. The first-order chi connectivity index (χ1) is 15.0. The molecule has 10 heteroatoms. The van der Waals surface area contributed by atoms with Crippen LogP contribution in [0.3, 0.4) is 0 Å². The fourth-order valence-electron chi connectivity index (χ4n) is 3.67. The van der Waals surface area contributed by atoms with Crippen LogP contribution in [0.5, 0.6) is 5.75 Å². The Balaban J connectivity index is 1.23. The zero-order chi connectivity index (χ0) is 21.4. The Kier molecular flexibility index (Phi) is 5.37. The van der Waals surface area contributed by atoms with Crippen molar-refractivity contribution in [1.82, 2.24) is 0 Å². The predicted octanol–water partition coefficient (Wildman–Crippen LogP) is 3.11. The molecule has 3 aliphatic rings. The van der Waals surface area contributed by atoms with Gasteiger partial charge in [-0.25, -0.2) is 8.42 Å². The molecule has 1 unspecified atom stereocenters.